The Kier molecular flexibility index (Phi) is 2.99. The summed E-state index contributed by atoms with van der Waals surface area (Å²) in [4.78, 5) is 4.53. The number of rotatable bonds is 4. The van der Waals surface area contributed by atoms with Gasteiger partial charge < -0.3 is 10.5 Å². The molecule has 0 fully saturated rings. The van der Waals surface area contributed by atoms with E-state index in [-0.39, 0.29) is 0 Å². The number of ether oxygens (including phenoxy) is 1. The Morgan fingerprint density at radius 2 is 2.31 bits per heavy atom. The molecule has 0 aliphatic heterocycles. The van der Waals surface area contributed by atoms with Crippen LogP contribution in [0.2, 0.25) is 0 Å². The van der Waals surface area contributed by atoms with Gasteiger partial charge >= 0.3 is 0 Å². The van der Waals surface area contributed by atoms with Gasteiger partial charge in [-0.2, -0.15) is 0 Å². The number of nitrogens with zero attached hydrogens (tertiary/aromatic N) is 2. The van der Waals surface area contributed by atoms with Crippen LogP contribution in [-0.2, 0) is 6.42 Å². The fourth-order valence-electron chi connectivity index (χ4n) is 1.80. The summed E-state index contributed by atoms with van der Waals surface area (Å²) in [5.41, 5.74) is 7.81. The second kappa shape index (κ2) is 4.43. The second-order valence-corrected chi connectivity index (χ2v) is 3.82. The lowest BCUT2D eigenvalue weighted by molar-refractivity contribution is 0.417. The minimum Gasteiger partial charge on any atom is -0.493 e. The zero-order valence-electron chi connectivity index (χ0n) is 9.73. The lowest BCUT2D eigenvalue weighted by atomic mass is 10.2. The summed E-state index contributed by atoms with van der Waals surface area (Å²) in [6, 6.07) is 3.80. The molecular weight excluding hydrogens is 202 g/mol. The lowest BCUT2D eigenvalue weighted by Gasteiger charge is -2.01. The molecule has 16 heavy (non-hydrogen) atoms. The first-order valence-corrected chi connectivity index (χ1v) is 5.57. The molecule has 2 aromatic heterocycles. The van der Waals surface area contributed by atoms with E-state index < -0.39 is 0 Å². The maximum Gasteiger partial charge on any atom is 0.181 e. The highest BCUT2D eigenvalue weighted by molar-refractivity contribution is 5.61. The molecule has 2 aromatic rings. The van der Waals surface area contributed by atoms with Gasteiger partial charge in [0, 0.05) is 6.20 Å². The molecule has 0 amide bonds. The summed E-state index contributed by atoms with van der Waals surface area (Å²) in [6.45, 7) is 2.16. The molecule has 4 heteroatoms. The van der Waals surface area contributed by atoms with Gasteiger partial charge in [0.05, 0.1) is 12.8 Å². The van der Waals surface area contributed by atoms with E-state index in [0.717, 1.165) is 42.2 Å². The van der Waals surface area contributed by atoms with Crippen LogP contribution in [-0.4, -0.2) is 16.5 Å². The van der Waals surface area contributed by atoms with Crippen molar-refractivity contribution in [3.63, 3.8) is 0 Å². The number of methoxy groups -OCH3 is 1. The van der Waals surface area contributed by atoms with Crippen molar-refractivity contribution < 1.29 is 4.74 Å². The van der Waals surface area contributed by atoms with Crippen LogP contribution < -0.4 is 10.5 Å². The van der Waals surface area contributed by atoms with Crippen LogP contribution in [0.4, 0.5) is 5.82 Å². The summed E-state index contributed by atoms with van der Waals surface area (Å²) in [7, 11) is 1.64. The molecule has 0 unspecified atom stereocenters. The number of nitrogen functional groups attached to an aromatic ring is 1. The van der Waals surface area contributed by atoms with E-state index >= 15 is 0 Å². The second-order valence-electron chi connectivity index (χ2n) is 3.82. The van der Waals surface area contributed by atoms with Crippen molar-refractivity contribution >= 4 is 11.5 Å². The van der Waals surface area contributed by atoms with E-state index in [0.29, 0.717) is 0 Å². The van der Waals surface area contributed by atoms with Gasteiger partial charge in [0.1, 0.15) is 5.82 Å². The highest BCUT2D eigenvalue weighted by atomic mass is 16.5. The fraction of sp³-hybridized carbons (Fsp3) is 0.417. The smallest absolute Gasteiger partial charge is 0.181 e. The molecule has 0 atom stereocenters. The lowest BCUT2D eigenvalue weighted by Crippen LogP contribution is -1.96. The predicted octanol–water partition coefficient (Wildman–Crippen LogP) is 2.27. The third-order valence-electron chi connectivity index (χ3n) is 2.71. The quantitative estimate of drug-likeness (QED) is 0.858. The van der Waals surface area contributed by atoms with E-state index in [1.165, 1.54) is 0 Å². The Bertz CT molecular complexity index is 490. The number of aryl methyl sites for hydroxylation is 1. The Morgan fingerprint density at radius 1 is 1.50 bits per heavy atom. The first-order valence-electron chi connectivity index (χ1n) is 5.57. The maximum absolute atomic E-state index is 6.05. The first kappa shape index (κ1) is 10.8. The van der Waals surface area contributed by atoms with E-state index in [1.54, 1.807) is 7.11 Å². The fourth-order valence-corrected chi connectivity index (χ4v) is 1.80. The third-order valence-corrected chi connectivity index (χ3v) is 2.71. The minimum atomic E-state index is 0.724. The van der Waals surface area contributed by atoms with Crippen LogP contribution >= 0.6 is 0 Å². The molecule has 2 rings (SSSR count). The van der Waals surface area contributed by atoms with Crippen molar-refractivity contribution in [3.8, 4) is 5.75 Å². The Hall–Kier alpha value is -1.71. The van der Waals surface area contributed by atoms with Crippen molar-refractivity contribution in [3.05, 3.63) is 24.0 Å². The normalized spacial score (nSPS) is 10.9. The van der Waals surface area contributed by atoms with Gasteiger partial charge in [-0.05, 0) is 25.0 Å². The van der Waals surface area contributed by atoms with Gasteiger partial charge in [-0.25, -0.2) is 4.98 Å². The molecule has 2 N–H and O–H groups in total. The van der Waals surface area contributed by atoms with Gasteiger partial charge in [0.15, 0.2) is 11.4 Å². The number of imidazole rings is 1. The van der Waals surface area contributed by atoms with E-state index in [9.17, 15) is 0 Å². The SMILES string of the molecule is CCCCc1nc2c(OC)cccn2c1N. The molecule has 0 aliphatic rings. The van der Waals surface area contributed by atoms with Gasteiger partial charge in [-0.3, -0.25) is 4.40 Å². The van der Waals surface area contributed by atoms with E-state index in [2.05, 4.69) is 11.9 Å². The molecule has 0 radical (unpaired) electrons. The Labute approximate surface area is 95.0 Å². The van der Waals surface area contributed by atoms with Crippen LogP contribution in [0.25, 0.3) is 5.65 Å². The van der Waals surface area contributed by atoms with Crippen LogP contribution in [0.5, 0.6) is 5.75 Å². The molecule has 0 aliphatic carbocycles. The predicted molar refractivity (Wildman–Crippen MR) is 64.8 cm³/mol. The standard InChI is InChI=1S/C12H17N3O/c1-3-4-6-9-11(13)15-8-5-7-10(16-2)12(15)14-9/h5,7-8H,3-4,6,13H2,1-2H3. The van der Waals surface area contributed by atoms with Crippen molar-refractivity contribution in [2.75, 3.05) is 12.8 Å². The molecular formula is C12H17N3O. The zero-order chi connectivity index (χ0) is 11.5. The number of fused-ring (bicyclic) bond motifs is 1. The summed E-state index contributed by atoms with van der Waals surface area (Å²) in [6.07, 6.45) is 5.09. The first-order chi connectivity index (χ1) is 7.77. The highest BCUT2D eigenvalue weighted by Gasteiger charge is 2.11. The summed E-state index contributed by atoms with van der Waals surface area (Å²) in [5.74, 6) is 1.49. The van der Waals surface area contributed by atoms with Gasteiger partial charge in [0.25, 0.3) is 0 Å². The van der Waals surface area contributed by atoms with Crippen molar-refractivity contribution in [1.82, 2.24) is 9.38 Å². The van der Waals surface area contributed by atoms with Gasteiger partial charge in [0.2, 0.25) is 0 Å². The average molecular weight is 219 g/mol. The van der Waals surface area contributed by atoms with E-state index in [1.807, 2.05) is 22.7 Å². The van der Waals surface area contributed by atoms with Crippen LogP contribution in [0.1, 0.15) is 25.5 Å². The minimum absolute atomic E-state index is 0.724. The summed E-state index contributed by atoms with van der Waals surface area (Å²) in [5, 5.41) is 0. The topological polar surface area (TPSA) is 52.5 Å². The molecule has 0 aromatic carbocycles. The van der Waals surface area contributed by atoms with Crippen LogP contribution in [0, 0.1) is 0 Å². The molecule has 0 saturated carbocycles. The molecule has 0 saturated heterocycles. The van der Waals surface area contributed by atoms with Gasteiger partial charge in [-0.15, -0.1) is 0 Å². The Balaban J connectivity index is 2.49. The number of anilines is 1. The van der Waals surface area contributed by atoms with Gasteiger partial charge in [-0.1, -0.05) is 13.3 Å². The van der Waals surface area contributed by atoms with Crippen molar-refractivity contribution in [2.24, 2.45) is 0 Å². The van der Waals surface area contributed by atoms with E-state index in [4.69, 9.17) is 10.5 Å². The van der Waals surface area contributed by atoms with Crippen molar-refractivity contribution in [1.29, 1.82) is 0 Å². The largest absolute Gasteiger partial charge is 0.493 e. The number of pyridine rings is 1. The third kappa shape index (κ3) is 1.71. The van der Waals surface area contributed by atoms with Crippen LogP contribution in [0.15, 0.2) is 18.3 Å². The summed E-state index contributed by atoms with van der Waals surface area (Å²) >= 11 is 0. The average Bonchev–Trinajstić information content (AvgIpc) is 2.64. The number of aromatic nitrogens is 2. The van der Waals surface area contributed by atoms with Crippen molar-refractivity contribution in [2.45, 2.75) is 26.2 Å². The number of hydrogen-bond donors (Lipinski definition) is 1. The Morgan fingerprint density at radius 3 is 3.00 bits per heavy atom. The molecule has 2 heterocycles. The van der Waals surface area contributed by atoms with Crippen LogP contribution in [0.3, 0.4) is 0 Å². The molecule has 0 spiro atoms. The number of hydrogen-bond acceptors (Lipinski definition) is 3. The molecule has 0 bridgehead atoms. The zero-order valence-corrected chi connectivity index (χ0v) is 9.73. The molecule has 4 nitrogen and oxygen atoms in total. The number of nitrogens with two attached hydrogens (primary N) is 1. The maximum atomic E-state index is 6.05. The number of unbranched alkanes of at least 4 members (excludes halogenated alkanes) is 1. The highest BCUT2D eigenvalue weighted by Crippen LogP contribution is 2.23. The monoisotopic (exact) mass is 219 g/mol. The summed E-state index contributed by atoms with van der Waals surface area (Å²) < 4.78 is 7.14. The molecule has 86 valence electrons.